The molecule has 0 aliphatic heterocycles. The van der Waals surface area contributed by atoms with Gasteiger partial charge in [0, 0.05) is 25.6 Å². The van der Waals surface area contributed by atoms with Crippen LogP contribution in [0.2, 0.25) is 0 Å². The summed E-state index contributed by atoms with van der Waals surface area (Å²) in [6, 6.07) is 65.0. The summed E-state index contributed by atoms with van der Waals surface area (Å²) in [5, 5.41) is 12.0. The molecule has 0 saturated heterocycles. The number of aryl methyl sites for hydroxylation is 2. The number of benzene rings is 8. The minimum atomic E-state index is -0.925. The summed E-state index contributed by atoms with van der Waals surface area (Å²) in [5.41, 5.74) is 18.7. The summed E-state index contributed by atoms with van der Waals surface area (Å²) in [6.07, 6.45) is 1.87. The molecule has 0 unspecified atom stereocenters. The van der Waals surface area contributed by atoms with Crippen LogP contribution in [-0.2, 0) is 0 Å². The first-order valence-corrected chi connectivity index (χ1v) is 22.6. The van der Waals surface area contributed by atoms with Gasteiger partial charge in [-0.1, -0.05) is 161 Å². The molecule has 2 heterocycles. The van der Waals surface area contributed by atoms with Gasteiger partial charge in [0.2, 0.25) is 0 Å². The van der Waals surface area contributed by atoms with E-state index in [2.05, 4.69) is 127 Å². The van der Waals surface area contributed by atoms with E-state index in [0.29, 0.717) is 11.4 Å². The van der Waals surface area contributed by atoms with Crippen LogP contribution in [0.25, 0.3) is 95.0 Å². The minimum absolute atomic E-state index is 0.180. The number of nitrogens with zero attached hydrogens (tertiary/aromatic N) is 3. The third kappa shape index (κ3) is 8.01. The molecule has 4 nitrogen and oxygen atoms in total. The highest BCUT2D eigenvalue weighted by molar-refractivity contribution is 5.99. The molecule has 0 amide bonds. The lowest BCUT2D eigenvalue weighted by molar-refractivity contribution is 0.472. The van der Waals surface area contributed by atoms with E-state index in [1.54, 1.807) is 0 Å². The van der Waals surface area contributed by atoms with Gasteiger partial charge in [-0.2, -0.15) is 0 Å². The van der Waals surface area contributed by atoms with Crippen LogP contribution >= 0.6 is 0 Å². The zero-order chi connectivity index (χ0) is 47.3. The molecule has 8 aromatic carbocycles. The van der Waals surface area contributed by atoms with Crippen LogP contribution in [0.5, 0.6) is 5.75 Å². The van der Waals surface area contributed by atoms with Crippen molar-refractivity contribution in [2.24, 2.45) is 0 Å². The fourth-order valence-electron chi connectivity index (χ4n) is 9.27. The second-order valence-corrected chi connectivity index (χ2v) is 17.7. The predicted octanol–water partition coefficient (Wildman–Crippen LogP) is 16.7. The highest BCUT2D eigenvalue weighted by atomic mass is 16.3. The third-order valence-electron chi connectivity index (χ3n) is 12.7. The minimum Gasteiger partial charge on any atom is -0.507 e. The Kier molecular flexibility index (Phi) is 10.6. The van der Waals surface area contributed by atoms with Crippen LogP contribution in [0.15, 0.2) is 194 Å². The standard InChI is InChI=1S/C62H53N3O/c1-39(2)43-25-27-45(28-26-43)48-29-30-63-57(36-48)51-34-49(44-17-10-7-11-18-44)33-50(35-51)52-23-16-24-58-60(52)64-62(56-32-41(5)31-42(6)61(56)66)65(58)59-38-54(46-19-12-8-13-20-46)53(40(3)4)37-55(59)47-21-14-9-15-22-47/h7-40,66H,1-6H3/i39D,40D. The summed E-state index contributed by atoms with van der Waals surface area (Å²) in [6.45, 7) is 11.7. The fourth-order valence-corrected chi connectivity index (χ4v) is 9.27. The average Bonchev–Trinajstić information content (AvgIpc) is 3.74. The molecule has 0 radical (unpaired) electrons. The molecule has 1 N–H and O–H groups in total. The molecular weight excluding hydrogens is 803 g/mol. The van der Waals surface area contributed by atoms with Crippen molar-refractivity contribution in [2.75, 3.05) is 0 Å². The first-order valence-electron chi connectivity index (χ1n) is 23.6. The monoisotopic (exact) mass is 857 g/mol. The number of aromatic hydroxyl groups is 1. The normalized spacial score (nSPS) is 12.3. The molecule has 4 heteroatoms. The van der Waals surface area contributed by atoms with Crippen molar-refractivity contribution in [2.45, 2.75) is 53.3 Å². The third-order valence-corrected chi connectivity index (χ3v) is 12.7. The Bertz CT molecular complexity index is 3480. The molecule has 0 atom stereocenters. The molecule has 10 aromatic rings. The van der Waals surface area contributed by atoms with E-state index < -0.39 is 11.8 Å². The molecule has 66 heavy (non-hydrogen) atoms. The zero-order valence-electron chi connectivity index (χ0n) is 40.3. The Morgan fingerprint density at radius 3 is 1.77 bits per heavy atom. The topological polar surface area (TPSA) is 50.9 Å². The Morgan fingerprint density at radius 1 is 0.485 bits per heavy atom. The van der Waals surface area contributed by atoms with Gasteiger partial charge in [0.05, 0.1) is 28.0 Å². The van der Waals surface area contributed by atoms with Crippen molar-refractivity contribution in [3.63, 3.8) is 0 Å². The van der Waals surface area contributed by atoms with Crippen molar-refractivity contribution in [1.82, 2.24) is 14.5 Å². The summed E-state index contributed by atoms with van der Waals surface area (Å²) in [5.74, 6) is -0.820. The van der Waals surface area contributed by atoms with Crippen molar-refractivity contribution in [3.05, 3.63) is 217 Å². The van der Waals surface area contributed by atoms with Gasteiger partial charge in [-0.05, 0) is 147 Å². The molecule has 2 aromatic heterocycles. The van der Waals surface area contributed by atoms with E-state index in [0.717, 1.165) is 106 Å². The number of fused-ring (bicyclic) bond motifs is 1. The van der Waals surface area contributed by atoms with Gasteiger partial charge < -0.3 is 5.11 Å². The van der Waals surface area contributed by atoms with Crippen LogP contribution in [0.4, 0.5) is 0 Å². The number of phenolic OH excluding ortho intramolecular Hbond substituents is 1. The van der Waals surface area contributed by atoms with Crippen LogP contribution in [-0.4, -0.2) is 19.6 Å². The molecule has 0 spiro atoms. The molecule has 0 saturated carbocycles. The van der Waals surface area contributed by atoms with Crippen LogP contribution < -0.4 is 0 Å². The Hall–Kier alpha value is -7.82. The van der Waals surface area contributed by atoms with Crippen LogP contribution in [0, 0.1) is 13.8 Å². The Balaban J connectivity index is 1.25. The highest BCUT2D eigenvalue weighted by Gasteiger charge is 2.25. The average molecular weight is 858 g/mol. The lowest BCUT2D eigenvalue weighted by atomic mass is 9.88. The van der Waals surface area contributed by atoms with Gasteiger partial charge >= 0.3 is 0 Å². The maximum absolute atomic E-state index is 12.0. The number of hydrogen-bond acceptors (Lipinski definition) is 3. The van der Waals surface area contributed by atoms with E-state index >= 15 is 0 Å². The Morgan fingerprint density at radius 2 is 1.11 bits per heavy atom. The van der Waals surface area contributed by atoms with E-state index in [4.69, 9.17) is 11.3 Å². The number of phenols is 1. The maximum atomic E-state index is 12.0. The van der Waals surface area contributed by atoms with Gasteiger partial charge in [0.1, 0.15) is 11.6 Å². The van der Waals surface area contributed by atoms with Crippen LogP contribution in [0.3, 0.4) is 0 Å². The summed E-state index contributed by atoms with van der Waals surface area (Å²) in [7, 11) is 0. The number of imidazole rings is 1. The van der Waals surface area contributed by atoms with E-state index in [-0.39, 0.29) is 5.75 Å². The quantitative estimate of drug-likeness (QED) is 0.149. The SMILES string of the molecule is [2H]C(C)(C)c1ccc(-c2ccnc(-c3cc(-c4ccccc4)cc(-c4cccc5c4nc(-c4cc(C)cc(C)c4O)n5-c4cc(-c5ccccc5)c(C([2H])(C)C)cc4-c4ccccc4)c3)c2)cc1. The van der Waals surface area contributed by atoms with Gasteiger partial charge in [-0.25, -0.2) is 4.98 Å². The first kappa shape index (κ1) is 39.7. The number of pyridine rings is 1. The molecule has 10 rings (SSSR count). The Labute approximate surface area is 391 Å². The molecule has 0 aliphatic carbocycles. The van der Waals surface area contributed by atoms with E-state index in [9.17, 15) is 6.48 Å². The predicted molar refractivity (Wildman–Crippen MR) is 276 cm³/mol. The summed E-state index contributed by atoms with van der Waals surface area (Å²) in [4.78, 5) is 10.6. The number of rotatable bonds is 10. The lowest BCUT2D eigenvalue weighted by Gasteiger charge is -2.22. The van der Waals surface area contributed by atoms with E-state index in [1.807, 2.05) is 114 Å². The van der Waals surface area contributed by atoms with Gasteiger partial charge in [0.15, 0.2) is 0 Å². The number of para-hydroxylation sites is 1. The van der Waals surface area contributed by atoms with Crippen molar-refractivity contribution in [1.29, 1.82) is 0 Å². The molecule has 0 bridgehead atoms. The first-order chi connectivity index (χ1) is 32.7. The van der Waals surface area contributed by atoms with Crippen molar-refractivity contribution in [3.8, 4) is 89.7 Å². The van der Waals surface area contributed by atoms with Gasteiger partial charge in [-0.15, -0.1) is 0 Å². The summed E-state index contributed by atoms with van der Waals surface area (Å²) < 4.78 is 20.2. The maximum Gasteiger partial charge on any atom is 0.149 e. The lowest BCUT2D eigenvalue weighted by Crippen LogP contribution is -2.04. The summed E-state index contributed by atoms with van der Waals surface area (Å²) >= 11 is 0. The second kappa shape index (κ2) is 17.6. The smallest absolute Gasteiger partial charge is 0.149 e. The molecule has 0 aliphatic rings. The second-order valence-electron chi connectivity index (χ2n) is 17.7. The van der Waals surface area contributed by atoms with Crippen LogP contribution in [0.1, 0.15) is 64.5 Å². The van der Waals surface area contributed by atoms with Crippen molar-refractivity contribution < 1.29 is 7.85 Å². The highest BCUT2D eigenvalue weighted by Crippen LogP contribution is 2.45. The van der Waals surface area contributed by atoms with Crippen molar-refractivity contribution >= 4 is 11.0 Å². The molecular formula is C62H53N3O. The number of aromatic nitrogens is 3. The fraction of sp³-hybridized carbons (Fsp3) is 0.129. The van der Waals surface area contributed by atoms with Gasteiger partial charge in [-0.3, -0.25) is 9.55 Å². The molecule has 0 fully saturated rings. The number of hydrogen-bond donors (Lipinski definition) is 1. The van der Waals surface area contributed by atoms with Gasteiger partial charge in [0.25, 0.3) is 0 Å². The van der Waals surface area contributed by atoms with E-state index in [1.165, 1.54) is 0 Å². The molecule has 322 valence electrons. The zero-order valence-corrected chi connectivity index (χ0v) is 38.3. The largest absolute Gasteiger partial charge is 0.507 e.